The Kier molecular flexibility index (Phi) is 4.84. The number of carbonyl (C=O) groups is 1. The van der Waals surface area contributed by atoms with Crippen LogP contribution in [0.5, 0.6) is 0 Å². The van der Waals surface area contributed by atoms with Gasteiger partial charge < -0.3 is 10.0 Å². The minimum atomic E-state index is -0.576. The third kappa shape index (κ3) is 2.91. The summed E-state index contributed by atoms with van der Waals surface area (Å²) in [7, 11) is 0. The normalized spacial score (nSPS) is 26.2. The molecule has 1 aliphatic carbocycles. The van der Waals surface area contributed by atoms with Gasteiger partial charge in [-0.1, -0.05) is 48.9 Å². The van der Waals surface area contributed by atoms with E-state index >= 15 is 0 Å². The van der Waals surface area contributed by atoms with Crippen LogP contribution in [0, 0.1) is 11.3 Å². The summed E-state index contributed by atoms with van der Waals surface area (Å²) in [4.78, 5) is 14.1. The fourth-order valence-corrected chi connectivity index (χ4v) is 4.59. The van der Waals surface area contributed by atoms with E-state index in [1.165, 1.54) is 16.3 Å². The maximum Gasteiger partial charge on any atom is 0.311 e. The van der Waals surface area contributed by atoms with Crippen LogP contribution in [-0.2, 0) is 11.2 Å². The van der Waals surface area contributed by atoms with Crippen molar-refractivity contribution < 1.29 is 9.90 Å². The lowest BCUT2D eigenvalue weighted by atomic mass is 9.81. The average Bonchev–Trinajstić information content (AvgIpc) is 3.10. The van der Waals surface area contributed by atoms with Gasteiger partial charge in [-0.3, -0.25) is 4.79 Å². The molecule has 128 valence electrons. The van der Waals surface area contributed by atoms with Gasteiger partial charge in [-0.2, -0.15) is 0 Å². The highest BCUT2D eigenvalue weighted by atomic mass is 35.5. The maximum absolute atomic E-state index is 11.7. The third-order valence-electron chi connectivity index (χ3n) is 5.90. The number of carboxylic acids is 1. The summed E-state index contributed by atoms with van der Waals surface area (Å²) in [5.41, 5.74) is 0.883. The lowest BCUT2D eigenvalue weighted by Crippen LogP contribution is -2.36. The van der Waals surface area contributed by atoms with Crippen LogP contribution in [0.25, 0.3) is 10.8 Å². The van der Waals surface area contributed by atoms with Crippen molar-refractivity contribution in [1.29, 1.82) is 0 Å². The number of hydrogen-bond donors (Lipinski definition) is 1. The molecule has 0 aromatic heterocycles. The van der Waals surface area contributed by atoms with Gasteiger partial charge in [0.1, 0.15) is 0 Å². The van der Waals surface area contributed by atoms with Gasteiger partial charge in [-0.15, -0.1) is 12.4 Å². The summed E-state index contributed by atoms with van der Waals surface area (Å²) in [6.45, 7) is 2.66. The highest BCUT2D eigenvalue weighted by molar-refractivity contribution is 5.85. The smallest absolute Gasteiger partial charge is 0.311 e. The molecule has 0 unspecified atom stereocenters. The van der Waals surface area contributed by atoms with Gasteiger partial charge in [0.15, 0.2) is 0 Å². The van der Waals surface area contributed by atoms with Gasteiger partial charge in [0.25, 0.3) is 0 Å². The van der Waals surface area contributed by atoms with E-state index in [4.69, 9.17) is 0 Å². The number of halogens is 1. The maximum atomic E-state index is 11.7. The van der Waals surface area contributed by atoms with Crippen molar-refractivity contribution >= 4 is 29.1 Å². The standard InChI is InChI=1S/C20H23NO2.ClH/c22-19(23)20-10-3-6-18(20)13-21(14-20)11-9-15-7-8-16-4-1-2-5-17(16)12-15;/h1-2,4-5,7-8,12,18H,3,6,9-11,13-14H2,(H,22,23);1H/t18-,20+;/m0./s1. The van der Waals surface area contributed by atoms with Crippen LogP contribution >= 0.6 is 12.4 Å². The van der Waals surface area contributed by atoms with Crippen molar-refractivity contribution in [2.75, 3.05) is 19.6 Å². The number of likely N-dealkylation sites (tertiary alicyclic amines) is 1. The lowest BCUT2D eigenvalue weighted by molar-refractivity contribution is -0.149. The molecular weight excluding hydrogens is 322 g/mol. The number of benzene rings is 2. The highest BCUT2D eigenvalue weighted by Crippen LogP contribution is 2.48. The minimum absolute atomic E-state index is 0. The van der Waals surface area contributed by atoms with Crippen LogP contribution in [0.15, 0.2) is 42.5 Å². The third-order valence-corrected chi connectivity index (χ3v) is 5.90. The molecular formula is C20H24ClNO2. The molecule has 1 saturated carbocycles. The van der Waals surface area contributed by atoms with Crippen molar-refractivity contribution in [1.82, 2.24) is 4.90 Å². The number of fused-ring (bicyclic) bond motifs is 2. The van der Waals surface area contributed by atoms with Crippen LogP contribution in [-0.4, -0.2) is 35.6 Å². The first-order valence-corrected chi connectivity index (χ1v) is 8.61. The van der Waals surface area contributed by atoms with E-state index in [1.54, 1.807) is 0 Å². The molecule has 0 bridgehead atoms. The van der Waals surface area contributed by atoms with E-state index in [9.17, 15) is 9.90 Å². The van der Waals surface area contributed by atoms with E-state index in [-0.39, 0.29) is 12.4 Å². The van der Waals surface area contributed by atoms with Crippen molar-refractivity contribution in [3.63, 3.8) is 0 Å². The summed E-state index contributed by atoms with van der Waals surface area (Å²) >= 11 is 0. The second-order valence-corrected chi connectivity index (χ2v) is 7.22. The van der Waals surface area contributed by atoms with Crippen molar-refractivity contribution in [3.8, 4) is 0 Å². The average molecular weight is 346 g/mol. The molecule has 1 heterocycles. The van der Waals surface area contributed by atoms with Crippen LogP contribution < -0.4 is 0 Å². The van der Waals surface area contributed by atoms with Gasteiger partial charge in [0.05, 0.1) is 5.41 Å². The Balaban J connectivity index is 0.00000169. The van der Waals surface area contributed by atoms with Gasteiger partial charge in [0.2, 0.25) is 0 Å². The number of nitrogens with zero attached hydrogens (tertiary/aromatic N) is 1. The SMILES string of the molecule is Cl.O=C(O)[C@@]12CCC[C@H]1CN(CCc1ccc3ccccc3c1)C2. The Hall–Kier alpha value is -1.58. The van der Waals surface area contributed by atoms with E-state index in [0.29, 0.717) is 5.92 Å². The predicted octanol–water partition coefficient (Wildman–Crippen LogP) is 3.99. The number of rotatable bonds is 4. The zero-order valence-electron chi connectivity index (χ0n) is 13.8. The van der Waals surface area contributed by atoms with Gasteiger partial charge in [0, 0.05) is 19.6 Å². The zero-order chi connectivity index (χ0) is 15.9. The molecule has 1 N–H and O–H groups in total. The van der Waals surface area contributed by atoms with Crippen molar-refractivity contribution in [3.05, 3.63) is 48.0 Å². The second kappa shape index (κ2) is 6.73. The molecule has 24 heavy (non-hydrogen) atoms. The first kappa shape index (κ1) is 17.2. The molecule has 2 fully saturated rings. The Morgan fingerprint density at radius 1 is 1.21 bits per heavy atom. The zero-order valence-corrected chi connectivity index (χ0v) is 14.6. The number of hydrogen-bond acceptors (Lipinski definition) is 2. The number of carboxylic acid groups (broad SMARTS) is 1. The van der Waals surface area contributed by atoms with Crippen molar-refractivity contribution in [2.24, 2.45) is 11.3 Å². The van der Waals surface area contributed by atoms with Crippen LogP contribution in [0.4, 0.5) is 0 Å². The molecule has 2 aromatic rings. The van der Waals surface area contributed by atoms with E-state index < -0.39 is 11.4 Å². The molecule has 2 aliphatic rings. The van der Waals surface area contributed by atoms with Gasteiger partial charge in [-0.25, -0.2) is 0 Å². The van der Waals surface area contributed by atoms with E-state index in [0.717, 1.165) is 45.3 Å². The van der Waals surface area contributed by atoms with Crippen LogP contribution in [0.1, 0.15) is 24.8 Å². The molecule has 2 atom stereocenters. The van der Waals surface area contributed by atoms with Crippen molar-refractivity contribution in [2.45, 2.75) is 25.7 Å². The fraction of sp³-hybridized carbons (Fsp3) is 0.450. The van der Waals surface area contributed by atoms with Gasteiger partial charge in [-0.05, 0) is 41.5 Å². The lowest BCUT2D eigenvalue weighted by Gasteiger charge is -2.23. The molecule has 0 spiro atoms. The summed E-state index contributed by atoms with van der Waals surface area (Å²) in [6.07, 6.45) is 4.01. The van der Waals surface area contributed by atoms with Crippen LogP contribution in [0.2, 0.25) is 0 Å². The fourth-order valence-electron chi connectivity index (χ4n) is 4.59. The minimum Gasteiger partial charge on any atom is -0.481 e. The summed E-state index contributed by atoms with van der Waals surface area (Å²) in [5, 5.41) is 12.2. The Morgan fingerprint density at radius 2 is 2.00 bits per heavy atom. The summed E-state index contributed by atoms with van der Waals surface area (Å²) in [6, 6.07) is 15.1. The summed E-state index contributed by atoms with van der Waals surface area (Å²) < 4.78 is 0. The van der Waals surface area contributed by atoms with E-state index in [1.807, 2.05) is 0 Å². The van der Waals surface area contributed by atoms with Gasteiger partial charge >= 0.3 is 5.97 Å². The molecule has 0 radical (unpaired) electrons. The largest absolute Gasteiger partial charge is 0.481 e. The molecule has 1 aliphatic heterocycles. The van der Waals surface area contributed by atoms with E-state index in [2.05, 4.69) is 47.4 Å². The summed E-state index contributed by atoms with van der Waals surface area (Å²) in [5.74, 6) is -0.218. The molecule has 4 rings (SSSR count). The second-order valence-electron chi connectivity index (χ2n) is 7.22. The molecule has 4 heteroatoms. The topological polar surface area (TPSA) is 40.5 Å². The molecule has 3 nitrogen and oxygen atoms in total. The first-order chi connectivity index (χ1) is 11.2. The quantitative estimate of drug-likeness (QED) is 0.910. The predicted molar refractivity (Wildman–Crippen MR) is 98.7 cm³/mol. The Bertz CT molecular complexity index is 747. The Labute approximate surface area is 149 Å². The molecule has 1 saturated heterocycles. The molecule has 2 aromatic carbocycles. The Morgan fingerprint density at radius 3 is 2.75 bits per heavy atom. The molecule has 0 amide bonds. The monoisotopic (exact) mass is 345 g/mol. The van der Waals surface area contributed by atoms with Crippen LogP contribution in [0.3, 0.4) is 0 Å². The highest BCUT2D eigenvalue weighted by Gasteiger charge is 2.54. The first-order valence-electron chi connectivity index (χ1n) is 8.61. The number of aliphatic carboxylic acids is 1.